The molecule has 4 rings (SSSR count). The van der Waals surface area contributed by atoms with E-state index in [-0.39, 0.29) is 18.3 Å². The fourth-order valence-corrected chi connectivity index (χ4v) is 3.50. The second-order valence-corrected chi connectivity index (χ2v) is 7.14. The van der Waals surface area contributed by atoms with Crippen LogP contribution in [0.15, 0.2) is 84.9 Å². The van der Waals surface area contributed by atoms with E-state index in [1.54, 1.807) is 23.9 Å². The molecule has 1 aromatic heterocycles. The molecule has 0 unspecified atom stereocenters. The van der Waals surface area contributed by atoms with Crippen molar-refractivity contribution in [2.75, 3.05) is 14.2 Å². The van der Waals surface area contributed by atoms with Crippen LogP contribution < -0.4 is 4.74 Å². The van der Waals surface area contributed by atoms with Crippen LogP contribution in [0.25, 0.3) is 16.9 Å². The van der Waals surface area contributed by atoms with Crippen molar-refractivity contribution in [3.63, 3.8) is 0 Å². The smallest absolute Gasteiger partial charge is 0.261 e. The minimum absolute atomic E-state index is 0.254. The lowest BCUT2D eigenvalue weighted by Crippen LogP contribution is -2.27. The number of aromatic nitrogens is 2. The van der Waals surface area contributed by atoms with Crippen LogP contribution in [0.1, 0.15) is 15.9 Å². The Morgan fingerprint density at radius 3 is 2.32 bits per heavy atom. The third-order valence-electron chi connectivity index (χ3n) is 4.95. The van der Waals surface area contributed by atoms with Gasteiger partial charge in [-0.25, -0.2) is 4.39 Å². The Hall–Kier alpha value is -3.93. The van der Waals surface area contributed by atoms with Crippen LogP contribution in [0, 0.1) is 5.82 Å². The molecule has 0 saturated heterocycles. The Kier molecular flexibility index (Phi) is 5.80. The number of carbonyl (C=O) groups is 1. The first kappa shape index (κ1) is 20.3. The van der Waals surface area contributed by atoms with Gasteiger partial charge in [-0.15, -0.1) is 0 Å². The molecular formula is C25H22FN3O2. The number of hydrogen-bond donors (Lipinski definition) is 0. The van der Waals surface area contributed by atoms with E-state index < -0.39 is 0 Å². The summed E-state index contributed by atoms with van der Waals surface area (Å²) in [6, 6.07) is 25.2. The van der Waals surface area contributed by atoms with Crippen molar-refractivity contribution in [2.45, 2.75) is 6.54 Å². The Bertz CT molecular complexity index is 1190. The predicted molar refractivity (Wildman–Crippen MR) is 118 cm³/mol. The summed E-state index contributed by atoms with van der Waals surface area (Å²) in [5.41, 5.74) is 3.17. The molecule has 0 aliphatic carbocycles. The first-order chi connectivity index (χ1) is 15.1. The highest BCUT2D eigenvalue weighted by molar-refractivity contribution is 6.02. The van der Waals surface area contributed by atoms with Crippen molar-refractivity contribution >= 4 is 5.91 Å². The quantitative estimate of drug-likeness (QED) is 0.447. The molecule has 156 valence electrons. The van der Waals surface area contributed by atoms with Crippen LogP contribution in [0.3, 0.4) is 0 Å². The summed E-state index contributed by atoms with van der Waals surface area (Å²) in [4.78, 5) is 15.1. The number of carbonyl (C=O) groups excluding carboxylic acids is 1. The van der Waals surface area contributed by atoms with E-state index in [2.05, 4.69) is 0 Å². The highest BCUT2D eigenvalue weighted by Crippen LogP contribution is 2.33. The van der Waals surface area contributed by atoms with E-state index in [0.29, 0.717) is 22.7 Å². The Balaban J connectivity index is 1.81. The fraction of sp³-hybridized carbons (Fsp3) is 0.120. The normalized spacial score (nSPS) is 10.7. The van der Waals surface area contributed by atoms with Gasteiger partial charge in [-0.1, -0.05) is 60.7 Å². The minimum Gasteiger partial charge on any atom is -0.480 e. The fourth-order valence-electron chi connectivity index (χ4n) is 3.50. The van der Waals surface area contributed by atoms with Gasteiger partial charge in [0.1, 0.15) is 17.1 Å². The van der Waals surface area contributed by atoms with E-state index >= 15 is 0 Å². The average molecular weight is 415 g/mol. The summed E-state index contributed by atoms with van der Waals surface area (Å²) >= 11 is 0. The lowest BCUT2D eigenvalue weighted by Gasteiger charge is -2.18. The summed E-state index contributed by atoms with van der Waals surface area (Å²) < 4.78 is 20.9. The molecule has 0 atom stereocenters. The van der Waals surface area contributed by atoms with Crippen LogP contribution >= 0.6 is 0 Å². The van der Waals surface area contributed by atoms with Crippen molar-refractivity contribution in [1.29, 1.82) is 0 Å². The number of rotatable bonds is 6. The van der Waals surface area contributed by atoms with Gasteiger partial charge in [0.05, 0.1) is 12.8 Å². The van der Waals surface area contributed by atoms with Gasteiger partial charge in [-0.2, -0.15) is 9.78 Å². The van der Waals surface area contributed by atoms with Crippen molar-refractivity contribution < 1.29 is 13.9 Å². The van der Waals surface area contributed by atoms with Gasteiger partial charge in [-0.3, -0.25) is 4.79 Å². The van der Waals surface area contributed by atoms with Gasteiger partial charge < -0.3 is 9.64 Å². The van der Waals surface area contributed by atoms with Crippen LogP contribution in [0.2, 0.25) is 0 Å². The number of halogens is 1. The van der Waals surface area contributed by atoms with E-state index in [4.69, 9.17) is 9.84 Å². The highest BCUT2D eigenvalue weighted by Gasteiger charge is 2.28. The van der Waals surface area contributed by atoms with Crippen LogP contribution in [0.4, 0.5) is 4.39 Å². The Morgan fingerprint density at radius 2 is 1.68 bits per heavy atom. The van der Waals surface area contributed by atoms with Crippen molar-refractivity contribution in [3.8, 4) is 22.8 Å². The van der Waals surface area contributed by atoms with Gasteiger partial charge >= 0.3 is 0 Å². The molecule has 0 spiro atoms. The molecule has 3 aromatic carbocycles. The molecule has 0 aliphatic heterocycles. The Morgan fingerprint density at radius 1 is 1.00 bits per heavy atom. The molecule has 0 saturated carbocycles. The lowest BCUT2D eigenvalue weighted by molar-refractivity contribution is 0.0782. The summed E-state index contributed by atoms with van der Waals surface area (Å²) in [6.07, 6.45) is 0. The number of ether oxygens (including phenoxy) is 1. The topological polar surface area (TPSA) is 47.4 Å². The second-order valence-electron chi connectivity index (χ2n) is 7.14. The van der Waals surface area contributed by atoms with Crippen molar-refractivity contribution in [2.24, 2.45) is 0 Å². The minimum atomic E-state index is -0.335. The predicted octanol–water partition coefficient (Wildman–Crippen LogP) is 4.96. The van der Waals surface area contributed by atoms with E-state index in [9.17, 15) is 9.18 Å². The van der Waals surface area contributed by atoms with Gasteiger partial charge in [-0.05, 0) is 29.8 Å². The van der Waals surface area contributed by atoms with Crippen LogP contribution in [0.5, 0.6) is 5.88 Å². The largest absolute Gasteiger partial charge is 0.480 e. The maximum Gasteiger partial charge on any atom is 0.261 e. The first-order valence-corrected chi connectivity index (χ1v) is 9.86. The van der Waals surface area contributed by atoms with E-state index in [1.807, 2.05) is 60.7 Å². The third kappa shape index (κ3) is 4.19. The van der Waals surface area contributed by atoms with Crippen molar-refractivity contribution in [3.05, 3.63) is 102 Å². The summed E-state index contributed by atoms with van der Waals surface area (Å²) in [5, 5.41) is 4.73. The molecule has 5 nitrogen and oxygen atoms in total. The third-order valence-corrected chi connectivity index (χ3v) is 4.95. The number of para-hydroxylation sites is 1. The van der Waals surface area contributed by atoms with E-state index in [1.165, 1.54) is 24.1 Å². The average Bonchev–Trinajstić information content (AvgIpc) is 3.19. The monoisotopic (exact) mass is 415 g/mol. The molecule has 1 heterocycles. The summed E-state index contributed by atoms with van der Waals surface area (Å²) in [5.74, 6) is -0.249. The molecule has 0 aliphatic rings. The second kappa shape index (κ2) is 8.83. The maximum absolute atomic E-state index is 13.6. The standard InChI is InChI=1S/C25H22FN3O2/c1-28(17-18-10-9-13-20(26)16-18)24(30)22-23(19-11-5-3-6-12-19)27-29(25(22)31-2)21-14-7-4-8-15-21/h3-16H,17H2,1-2H3. The molecule has 31 heavy (non-hydrogen) atoms. The summed E-state index contributed by atoms with van der Waals surface area (Å²) in [6.45, 7) is 0.254. The molecular weight excluding hydrogens is 393 g/mol. The number of hydrogen-bond acceptors (Lipinski definition) is 3. The zero-order valence-corrected chi connectivity index (χ0v) is 17.3. The van der Waals surface area contributed by atoms with Gasteiger partial charge in [0, 0.05) is 19.2 Å². The van der Waals surface area contributed by atoms with Crippen LogP contribution in [-0.4, -0.2) is 34.7 Å². The Labute approximate surface area is 180 Å². The van der Waals surface area contributed by atoms with Crippen molar-refractivity contribution in [1.82, 2.24) is 14.7 Å². The first-order valence-electron chi connectivity index (χ1n) is 9.86. The van der Waals surface area contributed by atoms with Gasteiger partial charge in [0.25, 0.3) is 5.91 Å². The number of benzene rings is 3. The molecule has 0 fully saturated rings. The molecule has 1 amide bonds. The SMILES string of the molecule is COc1c(C(=O)N(C)Cc2cccc(F)c2)c(-c2ccccc2)nn1-c1ccccc1. The maximum atomic E-state index is 13.6. The van der Waals surface area contributed by atoms with Gasteiger partial charge in [0.15, 0.2) is 0 Å². The lowest BCUT2D eigenvalue weighted by atomic mass is 10.1. The zero-order valence-electron chi connectivity index (χ0n) is 17.3. The molecule has 4 aromatic rings. The molecule has 0 N–H and O–H groups in total. The number of nitrogens with zero attached hydrogens (tertiary/aromatic N) is 3. The van der Waals surface area contributed by atoms with E-state index in [0.717, 1.165) is 11.3 Å². The van der Waals surface area contributed by atoms with Crippen LogP contribution in [-0.2, 0) is 6.54 Å². The number of amides is 1. The zero-order chi connectivity index (χ0) is 21.8. The molecule has 0 radical (unpaired) electrons. The highest BCUT2D eigenvalue weighted by atomic mass is 19.1. The summed E-state index contributed by atoms with van der Waals surface area (Å²) in [7, 11) is 3.20. The number of methoxy groups -OCH3 is 1. The van der Waals surface area contributed by atoms with Gasteiger partial charge in [0.2, 0.25) is 5.88 Å². The molecule has 6 heteroatoms. The molecule has 0 bridgehead atoms.